The first-order valence-corrected chi connectivity index (χ1v) is 2.32. The van der Waals surface area contributed by atoms with E-state index >= 15 is 0 Å². The Kier molecular flexibility index (Phi) is 1.33. The summed E-state index contributed by atoms with van der Waals surface area (Å²) in [5, 5.41) is 0. The first-order valence-electron chi connectivity index (χ1n) is 2.32. The van der Waals surface area contributed by atoms with Crippen molar-refractivity contribution in [3.05, 3.63) is 6.92 Å². The van der Waals surface area contributed by atoms with E-state index in [1.807, 2.05) is 0 Å². The quantitative estimate of drug-likeness (QED) is 0.400. The monoisotopic (exact) mass is 95.0 g/mol. The molecular weight excluding hydrogens is 88.1 g/mol. The van der Waals surface area contributed by atoms with E-state index < -0.39 is 0 Å². The van der Waals surface area contributed by atoms with Crippen molar-refractivity contribution in [1.29, 1.82) is 0 Å². The first kappa shape index (κ1) is 4.67. The van der Waals surface area contributed by atoms with Gasteiger partial charge in [0.25, 0.3) is 0 Å². The van der Waals surface area contributed by atoms with Crippen molar-refractivity contribution in [2.45, 2.75) is 12.5 Å². The van der Waals surface area contributed by atoms with Gasteiger partial charge in [-0.3, -0.25) is 0 Å². The minimum Gasteiger partial charge on any atom is -0.365 e. The summed E-state index contributed by atoms with van der Waals surface area (Å²) in [6.45, 7) is 4.24. The van der Waals surface area contributed by atoms with Crippen LogP contribution in [0.1, 0.15) is 6.42 Å². The minimum atomic E-state index is 0.206. The van der Waals surface area contributed by atoms with Crippen LogP contribution in [0.2, 0.25) is 0 Å². The lowest BCUT2D eigenvalue weighted by molar-refractivity contribution is -0.0122. The summed E-state index contributed by atoms with van der Waals surface area (Å²) in [6, 6.07) is 0. The smallest absolute Gasteiger partial charge is 0.120 e. The zero-order valence-corrected chi connectivity index (χ0v) is 4.11. The molecule has 0 aliphatic carbocycles. The highest BCUT2D eigenvalue weighted by atomic mass is 16.5. The van der Waals surface area contributed by atoms with Crippen LogP contribution in [-0.2, 0) is 4.74 Å². The Hall–Kier alpha value is -0.480. The van der Waals surface area contributed by atoms with Gasteiger partial charge in [0.15, 0.2) is 0 Å². The Balaban J connectivity index is 2.23. The molecule has 1 saturated heterocycles. The molecule has 7 heavy (non-hydrogen) atoms. The average molecular weight is 95.1 g/mol. The molecule has 1 heterocycles. The summed E-state index contributed by atoms with van der Waals surface area (Å²) in [7, 11) is 0. The minimum absolute atomic E-state index is 0.206. The van der Waals surface area contributed by atoms with Crippen LogP contribution in [0.5, 0.6) is 0 Å². The molecule has 0 amide bonds. The van der Waals surface area contributed by atoms with Crippen LogP contribution in [0.4, 0.5) is 0 Å². The van der Waals surface area contributed by atoms with Crippen molar-refractivity contribution >= 4 is 0 Å². The van der Waals surface area contributed by atoms with Gasteiger partial charge in [0.1, 0.15) is 6.10 Å². The largest absolute Gasteiger partial charge is 0.365 e. The van der Waals surface area contributed by atoms with E-state index in [-0.39, 0.29) is 6.10 Å². The molecule has 1 heteroatoms. The number of ether oxygens (including phenoxy) is 1. The van der Waals surface area contributed by atoms with Crippen molar-refractivity contribution in [2.24, 2.45) is 0 Å². The zero-order valence-electron chi connectivity index (χ0n) is 4.11. The number of hydrogen-bond acceptors (Lipinski definition) is 1. The molecule has 1 unspecified atom stereocenters. The molecule has 1 aliphatic heterocycles. The van der Waals surface area contributed by atoms with Crippen LogP contribution in [0.15, 0.2) is 0 Å². The summed E-state index contributed by atoms with van der Waals surface area (Å²) in [4.78, 5) is 0. The van der Waals surface area contributed by atoms with E-state index in [4.69, 9.17) is 4.74 Å². The van der Waals surface area contributed by atoms with Crippen molar-refractivity contribution in [3.8, 4) is 11.8 Å². The Morgan fingerprint density at radius 1 is 1.71 bits per heavy atom. The molecule has 0 N–H and O–H groups in total. The third-order valence-corrected chi connectivity index (χ3v) is 0.962. The lowest BCUT2D eigenvalue weighted by atomic mass is 10.2. The lowest BCUT2D eigenvalue weighted by Crippen LogP contribution is -2.24. The normalized spacial score (nSPS) is 27.3. The Labute approximate surface area is 43.7 Å². The maximum atomic E-state index is 4.96. The predicted molar refractivity (Wildman–Crippen MR) is 27.5 cm³/mol. The standard InChI is InChI=1S/C6H7O/c1-2-3-6-4-5-7-6/h6H,1,4-5H2. The maximum absolute atomic E-state index is 4.96. The van der Waals surface area contributed by atoms with Gasteiger partial charge in [-0.15, -0.1) is 0 Å². The zero-order chi connectivity index (χ0) is 5.11. The molecule has 0 saturated carbocycles. The summed E-state index contributed by atoms with van der Waals surface area (Å²) < 4.78 is 4.96. The van der Waals surface area contributed by atoms with E-state index in [2.05, 4.69) is 18.8 Å². The number of rotatable bonds is 0. The molecule has 0 aromatic carbocycles. The Morgan fingerprint density at radius 2 is 2.43 bits per heavy atom. The van der Waals surface area contributed by atoms with Gasteiger partial charge in [0.05, 0.1) is 6.61 Å². The van der Waals surface area contributed by atoms with Gasteiger partial charge in [0, 0.05) is 13.3 Å². The van der Waals surface area contributed by atoms with Crippen LogP contribution in [0, 0.1) is 18.8 Å². The molecule has 0 spiro atoms. The lowest BCUT2D eigenvalue weighted by Gasteiger charge is -2.20. The van der Waals surface area contributed by atoms with E-state index in [0.29, 0.717) is 0 Å². The second-order valence-corrected chi connectivity index (χ2v) is 1.47. The first-order chi connectivity index (χ1) is 3.43. The molecule has 1 fully saturated rings. The second-order valence-electron chi connectivity index (χ2n) is 1.47. The van der Waals surface area contributed by atoms with Crippen LogP contribution < -0.4 is 0 Å². The molecule has 1 radical (unpaired) electrons. The molecule has 1 aliphatic rings. The molecule has 0 aromatic rings. The van der Waals surface area contributed by atoms with Crippen LogP contribution in [-0.4, -0.2) is 12.7 Å². The molecular formula is C6H7O. The Bertz CT molecular complexity index is 103. The van der Waals surface area contributed by atoms with E-state index in [1.54, 1.807) is 0 Å². The molecule has 0 bridgehead atoms. The van der Waals surface area contributed by atoms with Gasteiger partial charge in [-0.1, -0.05) is 11.8 Å². The fourth-order valence-electron chi connectivity index (χ4n) is 0.463. The summed E-state index contributed by atoms with van der Waals surface area (Å²) >= 11 is 0. The SMILES string of the molecule is [CH2]C#CC1CCO1. The van der Waals surface area contributed by atoms with E-state index in [0.717, 1.165) is 13.0 Å². The van der Waals surface area contributed by atoms with Gasteiger partial charge in [0.2, 0.25) is 0 Å². The number of hydrogen-bond donors (Lipinski definition) is 0. The third kappa shape index (κ3) is 0.942. The van der Waals surface area contributed by atoms with Crippen molar-refractivity contribution in [1.82, 2.24) is 0 Å². The van der Waals surface area contributed by atoms with E-state index in [1.165, 1.54) is 0 Å². The molecule has 0 aromatic heterocycles. The highest BCUT2D eigenvalue weighted by Gasteiger charge is 2.13. The van der Waals surface area contributed by atoms with Crippen molar-refractivity contribution < 1.29 is 4.74 Å². The summed E-state index contributed by atoms with van der Waals surface area (Å²) in [5.41, 5.74) is 0. The highest BCUT2D eigenvalue weighted by Crippen LogP contribution is 2.07. The van der Waals surface area contributed by atoms with Gasteiger partial charge < -0.3 is 4.74 Å². The third-order valence-electron chi connectivity index (χ3n) is 0.962. The molecule has 1 nitrogen and oxygen atoms in total. The second kappa shape index (κ2) is 1.99. The fraction of sp³-hybridized carbons (Fsp3) is 0.500. The van der Waals surface area contributed by atoms with Crippen LogP contribution in [0.25, 0.3) is 0 Å². The predicted octanol–water partition coefficient (Wildman–Crippen LogP) is 0.613. The average Bonchev–Trinajstić information content (AvgIpc) is 1.55. The summed E-state index contributed by atoms with van der Waals surface area (Å²) in [6.07, 6.45) is 1.29. The van der Waals surface area contributed by atoms with Crippen LogP contribution >= 0.6 is 0 Å². The summed E-state index contributed by atoms with van der Waals surface area (Å²) in [5.74, 6) is 5.34. The van der Waals surface area contributed by atoms with Gasteiger partial charge >= 0.3 is 0 Å². The van der Waals surface area contributed by atoms with Gasteiger partial charge in [-0.2, -0.15) is 0 Å². The highest BCUT2D eigenvalue weighted by molar-refractivity contribution is 5.08. The van der Waals surface area contributed by atoms with Crippen LogP contribution in [0.3, 0.4) is 0 Å². The topological polar surface area (TPSA) is 9.23 Å². The van der Waals surface area contributed by atoms with E-state index in [9.17, 15) is 0 Å². The van der Waals surface area contributed by atoms with Crippen molar-refractivity contribution in [2.75, 3.05) is 6.61 Å². The molecule has 37 valence electrons. The molecule has 1 rings (SSSR count). The van der Waals surface area contributed by atoms with Gasteiger partial charge in [-0.05, 0) is 0 Å². The molecule has 1 atom stereocenters. The Morgan fingerprint density at radius 3 is 2.57 bits per heavy atom. The van der Waals surface area contributed by atoms with Gasteiger partial charge in [-0.25, -0.2) is 0 Å². The fourth-order valence-corrected chi connectivity index (χ4v) is 0.463. The van der Waals surface area contributed by atoms with Crippen molar-refractivity contribution in [3.63, 3.8) is 0 Å². The maximum Gasteiger partial charge on any atom is 0.120 e.